The van der Waals surface area contributed by atoms with Crippen molar-refractivity contribution in [2.45, 2.75) is 6.18 Å². The first-order valence-electron chi connectivity index (χ1n) is 5.82. The molecule has 116 valence electrons. The van der Waals surface area contributed by atoms with Gasteiger partial charge in [0.2, 0.25) is 5.91 Å². The molecule has 0 spiro atoms. The van der Waals surface area contributed by atoms with Crippen LogP contribution in [0.5, 0.6) is 0 Å². The van der Waals surface area contributed by atoms with Crippen LogP contribution in [0, 0.1) is 0 Å². The molecule has 0 aliphatic heterocycles. The van der Waals surface area contributed by atoms with Gasteiger partial charge in [-0.2, -0.15) is 13.2 Å². The number of halogens is 4. The predicted molar refractivity (Wildman–Crippen MR) is 72.4 cm³/mol. The SMILES string of the molecule is CNC(=O)c1ccc(NCC(=O)NCC(F)(F)F)cc1Cl. The van der Waals surface area contributed by atoms with Crippen LogP contribution >= 0.6 is 11.6 Å². The predicted octanol–water partition coefficient (Wildman–Crippen LogP) is 1.79. The van der Waals surface area contributed by atoms with Crippen molar-refractivity contribution in [1.29, 1.82) is 0 Å². The zero-order valence-electron chi connectivity index (χ0n) is 11.0. The van der Waals surface area contributed by atoms with Gasteiger partial charge >= 0.3 is 6.18 Å². The van der Waals surface area contributed by atoms with E-state index in [1.807, 2.05) is 0 Å². The van der Waals surface area contributed by atoms with Crippen molar-refractivity contribution in [2.24, 2.45) is 0 Å². The molecule has 2 amide bonds. The summed E-state index contributed by atoms with van der Waals surface area (Å²) in [4.78, 5) is 22.6. The van der Waals surface area contributed by atoms with Gasteiger partial charge in [-0.25, -0.2) is 0 Å². The van der Waals surface area contributed by atoms with Crippen LogP contribution in [0.4, 0.5) is 18.9 Å². The van der Waals surface area contributed by atoms with Gasteiger partial charge in [-0.05, 0) is 18.2 Å². The van der Waals surface area contributed by atoms with Gasteiger partial charge in [0.1, 0.15) is 6.54 Å². The smallest absolute Gasteiger partial charge is 0.376 e. The van der Waals surface area contributed by atoms with Crippen molar-refractivity contribution in [3.05, 3.63) is 28.8 Å². The maximum Gasteiger partial charge on any atom is 0.405 e. The zero-order valence-corrected chi connectivity index (χ0v) is 11.7. The monoisotopic (exact) mass is 323 g/mol. The van der Waals surface area contributed by atoms with E-state index in [1.165, 1.54) is 25.2 Å². The Morgan fingerprint density at radius 2 is 1.95 bits per heavy atom. The van der Waals surface area contributed by atoms with Gasteiger partial charge in [0, 0.05) is 12.7 Å². The third kappa shape index (κ3) is 5.90. The summed E-state index contributed by atoms with van der Waals surface area (Å²) in [6, 6.07) is 4.34. The van der Waals surface area contributed by atoms with Crippen molar-refractivity contribution in [3.8, 4) is 0 Å². The third-order valence-electron chi connectivity index (χ3n) is 2.38. The quantitative estimate of drug-likeness (QED) is 0.773. The molecule has 3 N–H and O–H groups in total. The summed E-state index contributed by atoms with van der Waals surface area (Å²) in [6.45, 7) is -1.73. The fourth-order valence-corrected chi connectivity index (χ4v) is 1.65. The lowest BCUT2D eigenvalue weighted by molar-refractivity contribution is -0.137. The highest BCUT2D eigenvalue weighted by Gasteiger charge is 2.27. The largest absolute Gasteiger partial charge is 0.405 e. The first-order chi connectivity index (χ1) is 9.73. The fourth-order valence-electron chi connectivity index (χ4n) is 1.39. The minimum absolute atomic E-state index is 0.162. The van der Waals surface area contributed by atoms with Gasteiger partial charge < -0.3 is 16.0 Å². The summed E-state index contributed by atoms with van der Waals surface area (Å²) < 4.78 is 35.7. The van der Waals surface area contributed by atoms with Gasteiger partial charge in [0.15, 0.2) is 0 Å². The maximum absolute atomic E-state index is 11.9. The van der Waals surface area contributed by atoms with Crippen molar-refractivity contribution < 1.29 is 22.8 Å². The van der Waals surface area contributed by atoms with Gasteiger partial charge in [0.25, 0.3) is 5.91 Å². The summed E-state index contributed by atoms with van der Waals surface area (Å²) in [5.41, 5.74) is 0.668. The maximum atomic E-state index is 11.9. The molecule has 0 aliphatic rings. The van der Waals surface area contributed by atoms with E-state index >= 15 is 0 Å². The minimum Gasteiger partial charge on any atom is -0.376 e. The first-order valence-corrected chi connectivity index (χ1v) is 6.19. The third-order valence-corrected chi connectivity index (χ3v) is 2.69. The topological polar surface area (TPSA) is 70.2 Å². The molecule has 0 heterocycles. The molecule has 1 aromatic carbocycles. The van der Waals surface area contributed by atoms with E-state index in [0.29, 0.717) is 5.69 Å². The molecule has 0 bridgehead atoms. The summed E-state index contributed by atoms with van der Waals surface area (Å²) >= 11 is 5.89. The van der Waals surface area contributed by atoms with Crippen LogP contribution in [-0.4, -0.2) is 38.1 Å². The average molecular weight is 324 g/mol. The van der Waals surface area contributed by atoms with Crippen LogP contribution in [-0.2, 0) is 4.79 Å². The van der Waals surface area contributed by atoms with Crippen molar-refractivity contribution >= 4 is 29.1 Å². The summed E-state index contributed by atoms with van der Waals surface area (Å²) in [6.07, 6.45) is -4.45. The number of amides is 2. The van der Waals surface area contributed by atoms with Crippen LogP contribution in [0.25, 0.3) is 0 Å². The zero-order chi connectivity index (χ0) is 16.0. The summed E-state index contributed by atoms with van der Waals surface area (Å²) in [5, 5.41) is 6.90. The van der Waals surface area contributed by atoms with E-state index in [9.17, 15) is 22.8 Å². The second kappa shape index (κ2) is 7.16. The van der Waals surface area contributed by atoms with E-state index in [-0.39, 0.29) is 23.0 Å². The van der Waals surface area contributed by atoms with E-state index in [0.717, 1.165) is 0 Å². The van der Waals surface area contributed by atoms with E-state index in [1.54, 1.807) is 5.32 Å². The Morgan fingerprint density at radius 1 is 1.29 bits per heavy atom. The second-order valence-electron chi connectivity index (χ2n) is 4.02. The van der Waals surface area contributed by atoms with Crippen LogP contribution in [0.15, 0.2) is 18.2 Å². The lowest BCUT2D eigenvalue weighted by Crippen LogP contribution is -2.37. The highest BCUT2D eigenvalue weighted by molar-refractivity contribution is 6.34. The Labute approximate surface area is 123 Å². The number of alkyl halides is 3. The average Bonchev–Trinajstić information content (AvgIpc) is 2.41. The standard InChI is InChI=1S/C12H13ClF3N3O2/c1-17-11(21)8-3-2-7(4-9(8)13)18-5-10(20)19-6-12(14,15)16/h2-4,18H,5-6H2,1H3,(H,17,21)(H,19,20). The lowest BCUT2D eigenvalue weighted by atomic mass is 10.2. The van der Waals surface area contributed by atoms with E-state index in [4.69, 9.17) is 11.6 Å². The summed E-state index contributed by atoms with van der Waals surface area (Å²) in [5.74, 6) is -1.17. The Balaban J connectivity index is 2.55. The molecule has 1 aromatic rings. The van der Waals surface area contributed by atoms with Crippen molar-refractivity contribution in [3.63, 3.8) is 0 Å². The Bertz CT molecular complexity index is 535. The number of hydrogen-bond donors (Lipinski definition) is 3. The molecular formula is C12H13ClF3N3O2. The normalized spacial score (nSPS) is 10.9. The lowest BCUT2D eigenvalue weighted by Gasteiger charge is -2.10. The van der Waals surface area contributed by atoms with Crippen LogP contribution in [0.1, 0.15) is 10.4 Å². The first kappa shape index (κ1) is 17.1. The molecule has 0 aromatic heterocycles. The highest BCUT2D eigenvalue weighted by Crippen LogP contribution is 2.20. The molecule has 21 heavy (non-hydrogen) atoms. The molecule has 9 heteroatoms. The molecule has 0 fully saturated rings. The van der Waals surface area contributed by atoms with Crippen LogP contribution in [0.2, 0.25) is 5.02 Å². The number of carbonyl (C=O) groups excluding carboxylic acids is 2. The van der Waals surface area contributed by atoms with E-state index in [2.05, 4.69) is 10.6 Å². The number of hydrogen-bond acceptors (Lipinski definition) is 3. The van der Waals surface area contributed by atoms with Crippen LogP contribution < -0.4 is 16.0 Å². The number of benzene rings is 1. The van der Waals surface area contributed by atoms with Gasteiger partial charge in [0.05, 0.1) is 17.1 Å². The fraction of sp³-hybridized carbons (Fsp3) is 0.333. The van der Waals surface area contributed by atoms with Gasteiger partial charge in [-0.1, -0.05) is 11.6 Å². The van der Waals surface area contributed by atoms with Crippen molar-refractivity contribution in [1.82, 2.24) is 10.6 Å². The number of rotatable bonds is 5. The molecule has 0 radical (unpaired) electrons. The second-order valence-corrected chi connectivity index (χ2v) is 4.43. The molecular weight excluding hydrogens is 311 g/mol. The van der Waals surface area contributed by atoms with Gasteiger partial charge in [-0.15, -0.1) is 0 Å². The molecule has 0 saturated heterocycles. The van der Waals surface area contributed by atoms with E-state index < -0.39 is 18.6 Å². The molecule has 0 saturated carbocycles. The molecule has 5 nitrogen and oxygen atoms in total. The molecule has 0 unspecified atom stereocenters. The van der Waals surface area contributed by atoms with Crippen molar-refractivity contribution in [2.75, 3.05) is 25.5 Å². The number of anilines is 1. The minimum atomic E-state index is -4.45. The Kier molecular flexibility index (Phi) is 5.83. The van der Waals surface area contributed by atoms with Gasteiger partial charge in [-0.3, -0.25) is 9.59 Å². The Morgan fingerprint density at radius 3 is 2.48 bits per heavy atom. The molecule has 1 rings (SSSR count). The highest BCUT2D eigenvalue weighted by atomic mass is 35.5. The molecule has 0 atom stereocenters. The van der Waals surface area contributed by atoms with Crippen LogP contribution in [0.3, 0.4) is 0 Å². The Hall–Kier alpha value is -1.96. The number of nitrogens with one attached hydrogen (secondary N) is 3. The molecule has 0 aliphatic carbocycles. The number of carbonyl (C=O) groups is 2. The summed E-state index contributed by atoms with van der Waals surface area (Å²) in [7, 11) is 1.45.